The molecular weight excluding hydrogens is 288 g/mol. The number of unbranched alkanes of at least 4 members (excludes halogenated alkanes) is 7. The molecule has 0 saturated carbocycles. The van der Waals surface area contributed by atoms with Crippen LogP contribution in [0.25, 0.3) is 0 Å². The quantitative estimate of drug-likeness (QED) is 0.369. The van der Waals surface area contributed by atoms with Gasteiger partial charge < -0.3 is 5.11 Å². The van der Waals surface area contributed by atoms with Crippen LogP contribution < -0.4 is 0 Å². The number of aliphatic hydroxyl groups is 1. The second-order valence-corrected chi connectivity index (χ2v) is 7.74. The lowest BCUT2D eigenvalue weighted by atomic mass is 10.0. The molecule has 0 aliphatic heterocycles. The van der Waals surface area contributed by atoms with Crippen molar-refractivity contribution in [3.63, 3.8) is 0 Å². The molecule has 0 bridgehead atoms. The van der Waals surface area contributed by atoms with Gasteiger partial charge in [0.2, 0.25) is 0 Å². The maximum absolute atomic E-state index is 11.1. The Morgan fingerprint density at radius 3 is 1.81 bits per heavy atom. The number of hydrogen-bond acceptors (Lipinski definition) is 3. The molecule has 0 aromatic rings. The summed E-state index contributed by atoms with van der Waals surface area (Å²) in [6, 6.07) is 0. The van der Waals surface area contributed by atoms with Gasteiger partial charge in [0, 0.05) is 0 Å². The molecule has 0 aliphatic carbocycles. The summed E-state index contributed by atoms with van der Waals surface area (Å²) in [5, 5.41) is 9.12. The van der Waals surface area contributed by atoms with Crippen LogP contribution in [0.1, 0.15) is 90.9 Å². The summed E-state index contributed by atoms with van der Waals surface area (Å²) in [5.74, 6) is 0. The molecule has 21 heavy (non-hydrogen) atoms. The minimum Gasteiger partial charge on any atom is -0.393 e. The topological polar surface area (TPSA) is 74.6 Å². The van der Waals surface area contributed by atoms with Crippen molar-refractivity contribution >= 4 is 10.1 Å². The molecule has 0 heterocycles. The van der Waals surface area contributed by atoms with Crippen LogP contribution in [-0.2, 0) is 10.1 Å². The molecule has 0 fully saturated rings. The van der Waals surface area contributed by atoms with Crippen LogP contribution in [0.3, 0.4) is 0 Å². The van der Waals surface area contributed by atoms with E-state index < -0.39 is 21.5 Å². The Hall–Kier alpha value is -0.130. The van der Waals surface area contributed by atoms with Crippen LogP contribution in [-0.4, -0.2) is 29.4 Å². The largest absolute Gasteiger partial charge is 0.393 e. The van der Waals surface area contributed by atoms with Crippen molar-refractivity contribution in [3.8, 4) is 0 Å². The van der Waals surface area contributed by atoms with Gasteiger partial charge in [-0.25, -0.2) is 0 Å². The van der Waals surface area contributed by atoms with E-state index in [1.54, 1.807) is 6.92 Å². The van der Waals surface area contributed by atoms with Gasteiger partial charge in [0.25, 0.3) is 10.1 Å². The summed E-state index contributed by atoms with van der Waals surface area (Å²) in [7, 11) is -3.96. The average molecular weight is 323 g/mol. The van der Waals surface area contributed by atoms with Crippen molar-refractivity contribution in [1.29, 1.82) is 0 Å². The van der Waals surface area contributed by atoms with E-state index in [1.807, 2.05) is 0 Å². The normalized spacial score (nSPS) is 15.0. The SMILES string of the molecule is CCCCCCCCCCC(O)CCC(CC)S(=O)(=O)O. The van der Waals surface area contributed by atoms with E-state index in [9.17, 15) is 13.5 Å². The molecule has 2 N–H and O–H groups in total. The van der Waals surface area contributed by atoms with Gasteiger partial charge in [-0.05, 0) is 25.7 Å². The highest BCUT2D eigenvalue weighted by molar-refractivity contribution is 7.86. The summed E-state index contributed by atoms with van der Waals surface area (Å²) < 4.78 is 31.1. The van der Waals surface area contributed by atoms with Crippen LogP contribution >= 0.6 is 0 Å². The Morgan fingerprint density at radius 1 is 0.810 bits per heavy atom. The lowest BCUT2D eigenvalue weighted by Gasteiger charge is -2.14. The number of rotatable bonds is 14. The van der Waals surface area contributed by atoms with Crippen molar-refractivity contribution < 1.29 is 18.1 Å². The standard InChI is InChI=1S/C16H34O4S/c1-3-5-6-7-8-9-10-11-12-15(17)13-14-16(4-2)21(18,19)20/h15-17H,3-14H2,1-2H3,(H,18,19,20). The van der Waals surface area contributed by atoms with Crippen molar-refractivity contribution in [2.75, 3.05) is 0 Å². The number of aliphatic hydroxyl groups excluding tert-OH is 1. The summed E-state index contributed by atoms with van der Waals surface area (Å²) in [6.45, 7) is 3.95. The van der Waals surface area contributed by atoms with E-state index in [2.05, 4.69) is 6.92 Å². The van der Waals surface area contributed by atoms with E-state index in [-0.39, 0.29) is 0 Å². The molecule has 0 amide bonds. The van der Waals surface area contributed by atoms with Gasteiger partial charge in [0.15, 0.2) is 0 Å². The van der Waals surface area contributed by atoms with Crippen molar-refractivity contribution in [2.24, 2.45) is 0 Å². The van der Waals surface area contributed by atoms with Gasteiger partial charge in [0.1, 0.15) is 0 Å². The second kappa shape index (κ2) is 12.4. The molecule has 0 radical (unpaired) electrons. The Bertz CT molecular complexity index is 327. The number of hydrogen-bond donors (Lipinski definition) is 2. The first-order chi connectivity index (χ1) is 9.91. The third-order valence-corrected chi connectivity index (χ3v) is 5.50. The van der Waals surface area contributed by atoms with E-state index in [0.717, 1.165) is 19.3 Å². The van der Waals surface area contributed by atoms with E-state index in [0.29, 0.717) is 19.3 Å². The molecular formula is C16H34O4S. The van der Waals surface area contributed by atoms with Crippen molar-refractivity contribution in [3.05, 3.63) is 0 Å². The molecule has 0 saturated heterocycles. The monoisotopic (exact) mass is 322 g/mol. The first-order valence-electron chi connectivity index (χ1n) is 8.56. The fraction of sp³-hybridized carbons (Fsp3) is 1.00. The molecule has 2 unspecified atom stereocenters. The first-order valence-corrected chi connectivity index (χ1v) is 10.1. The molecule has 0 aliphatic rings. The van der Waals surface area contributed by atoms with Gasteiger partial charge in [-0.15, -0.1) is 0 Å². The predicted octanol–water partition coefficient (Wildman–Crippen LogP) is 4.32. The zero-order valence-corrected chi connectivity index (χ0v) is 14.6. The second-order valence-electron chi connectivity index (χ2n) is 6.04. The molecule has 0 spiro atoms. The Morgan fingerprint density at radius 2 is 1.33 bits per heavy atom. The average Bonchev–Trinajstić information content (AvgIpc) is 2.41. The van der Waals surface area contributed by atoms with E-state index in [1.165, 1.54) is 38.5 Å². The zero-order chi connectivity index (χ0) is 16.1. The van der Waals surface area contributed by atoms with Crippen LogP contribution in [0.2, 0.25) is 0 Å². The molecule has 128 valence electrons. The minimum atomic E-state index is -3.96. The molecule has 5 heteroatoms. The Balaban J connectivity index is 3.56. The highest BCUT2D eigenvalue weighted by Crippen LogP contribution is 2.16. The van der Waals surface area contributed by atoms with Crippen LogP contribution in [0, 0.1) is 0 Å². The maximum Gasteiger partial charge on any atom is 0.267 e. The van der Waals surface area contributed by atoms with Gasteiger partial charge in [0.05, 0.1) is 11.4 Å². The van der Waals surface area contributed by atoms with E-state index in [4.69, 9.17) is 4.55 Å². The van der Waals surface area contributed by atoms with E-state index >= 15 is 0 Å². The Labute approximate surface area is 131 Å². The fourth-order valence-electron chi connectivity index (χ4n) is 2.60. The lowest BCUT2D eigenvalue weighted by Crippen LogP contribution is -2.21. The van der Waals surface area contributed by atoms with Crippen molar-refractivity contribution in [2.45, 2.75) is 102 Å². The van der Waals surface area contributed by atoms with Gasteiger partial charge in [-0.3, -0.25) is 4.55 Å². The fourth-order valence-corrected chi connectivity index (χ4v) is 3.46. The van der Waals surface area contributed by atoms with Crippen LogP contribution in [0.5, 0.6) is 0 Å². The zero-order valence-electron chi connectivity index (χ0n) is 13.8. The third kappa shape index (κ3) is 12.1. The van der Waals surface area contributed by atoms with Crippen LogP contribution in [0.4, 0.5) is 0 Å². The molecule has 0 rings (SSSR count). The summed E-state index contributed by atoms with van der Waals surface area (Å²) >= 11 is 0. The smallest absolute Gasteiger partial charge is 0.267 e. The highest BCUT2D eigenvalue weighted by atomic mass is 32.2. The summed E-state index contributed by atoms with van der Waals surface area (Å²) in [4.78, 5) is 0. The maximum atomic E-state index is 11.1. The lowest BCUT2D eigenvalue weighted by molar-refractivity contribution is 0.147. The first kappa shape index (κ1) is 20.9. The van der Waals surface area contributed by atoms with Crippen molar-refractivity contribution in [1.82, 2.24) is 0 Å². The molecule has 0 aromatic heterocycles. The molecule has 2 atom stereocenters. The Kier molecular flexibility index (Phi) is 12.3. The highest BCUT2D eigenvalue weighted by Gasteiger charge is 2.21. The van der Waals surface area contributed by atoms with Gasteiger partial charge in [-0.1, -0.05) is 65.2 Å². The third-order valence-electron chi connectivity index (χ3n) is 4.09. The van der Waals surface area contributed by atoms with Crippen LogP contribution in [0.15, 0.2) is 0 Å². The minimum absolute atomic E-state index is 0.341. The van der Waals surface area contributed by atoms with Gasteiger partial charge in [-0.2, -0.15) is 8.42 Å². The molecule has 4 nitrogen and oxygen atoms in total. The summed E-state index contributed by atoms with van der Waals surface area (Å²) in [6.07, 6.45) is 11.3. The summed E-state index contributed by atoms with van der Waals surface area (Å²) in [5.41, 5.74) is 0. The van der Waals surface area contributed by atoms with Gasteiger partial charge >= 0.3 is 0 Å². The predicted molar refractivity (Wildman–Crippen MR) is 88.1 cm³/mol. The molecule has 0 aromatic carbocycles.